The van der Waals surface area contributed by atoms with E-state index < -0.39 is 5.97 Å². The van der Waals surface area contributed by atoms with Crippen LogP contribution in [0.5, 0.6) is 0 Å². The number of hydrogen-bond donors (Lipinski definition) is 2. The van der Waals surface area contributed by atoms with Crippen molar-refractivity contribution in [2.75, 3.05) is 6.54 Å². The number of nitrogens with zero attached hydrogens (tertiary/aromatic N) is 1. The second-order valence-electron chi connectivity index (χ2n) is 5.51. The number of nitrogens with one attached hydrogen (secondary N) is 1. The third kappa shape index (κ3) is 5.45. The molecule has 0 aliphatic carbocycles. The second-order valence-corrected chi connectivity index (χ2v) is 5.51. The number of rotatable bonds is 6. The van der Waals surface area contributed by atoms with E-state index in [1.165, 1.54) is 5.56 Å². The molecule has 0 aromatic heterocycles. The summed E-state index contributed by atoms with van der Waals surface area (Å²) in [4.78, 5) is 24.5. The van der Waals surface area contributed by atoms with Crippen LogP contribution in [-0.4, -0.2) is 34.6 Å². The summed E-state index contributed by atoms with van der Waals surface area (Å²) in [5, 5.41) is 11.7. The van der Waals surface area contributed by atoms with Crippen molar-refractivity contribution in [3.8, 4) is 0 Å². The molecule has 1 rings (SSSR count). The summed E-state index contributed by atoms with van der Waals surface area (Å²) < 4.78 is 0. The molecule has 1 aromatic rings. The van der Waals surface area contributed by atoms with Gasteiger partial charge in [0, 0.05) is 12.6 Å². The zero-order valence-corrected chi connectivity index (χ0v) is 13.1. The highest BCUT2D eigenvalue weighted by Crippen LogP contribution is 2.14. The van der Waals surface area contributed by atoms with Gasteiger partial charge in [-0.15, -0.1) is 0 Å². The molecule has 0 radical (unpaired) electrons. The first-order chi connectivity index (χ1) is 9.81. The molecule has 0 fully saturated rings. The molecule has 1 unspecified atom stereocenters. The summed E-state index contributed by atoms with van der Waals surface area (Å²) in [5.41, 5.74) is 2.19. The fourth-order valence-corrected chi connectivity index (χ4v) is 2.02. The number of amides is 2. The Balaban J connectivity index is 2.67. The van der Waals surface area contributed by atoms with Gasteiger partial charge in [0.05, 0.1) is 12.5 Å². The summed E-state index contributed by atoms with van der Waals surface area (Å²) >= 11 is 0. The Bertz CT molecular complexity index is 483. The lowest BCUT2D eigenvalue weighted by Crippen LogP contribution is -2.45. The third-order valence-corrected chi connectivity index (χ3v) is 3.37. The first-order valence-corrected chi connectivity index (χ1v) is 7.16. The van der Waals surface area contributed by atoms with Gasteiger partial charge in [-0.1, -0.05) is 29.8 Å². The number of benzene rings is 1. The van der Waals surface area contributed by atoms with Crippen molar-refractivity contribution in [3.63, 3.8) is 0 Å². The number of carboxylic acid groups (broad SMARTS) is 1. The number of carbonyl (C=O) groups excluding carboxylic acids is 1. The van der Waals surface area contributed by atoms with Crippen LogP contribution >= 0.6 is 0 Å². The third-order valence-electron chi connectivity index (χ3n) is 3.37. The summed E-state index contributed by atoms with van der Waals surface area (Å²) in [7, 11) is 0. The molecule has 5 heteroatoms. The van der Waals surface area contributed by atoms with Crippen molar-refractivity contribution in [1.29, 1.82) is 0 Å². The van der Waals surface area contributed by atoms with Crippen LogP contribution in [0.15, 0.2) is 24.3 Å². The molecule has 21 heavy (non-hydrogen) atoms. The summed E-state index contributed by atoms with van der Waals surface area (Å²) in [6.45, 7) is 7.88. The van der Waals surface area contributed by atoms with Crippen molar-refractivity contribution in [1.82, 2.24) is 10.2 Å². The van der Waals surface area contributed by atoms with E-state index in [2.05, 4.69) is 5.32 Å². The zero-order chi connectivity index (χ0) is 16.0. The van der Waals surface area contributed by atoms with Gasteiger partial charge in [-0.3, -0.25) is 4.79 Å². The lowest BCUT2D eigenvalue weighted by Gasteiger charge is -2.28. The fraction of sp³-hybridized carbons (Fsp3) is 0.500. The van der Waals surface area contributed by atoms with Crippen molar-refractivity contribution >= 4 is 12.0 Å². The molecule has 0 saturated carbocycles. The predicted octanol–water partition coefficient (Wildman–Crippen LogP) is 2.95. The average Bonchev–Trinajstić information content (AvgIpc) is 2.38. The van der Waals surface area contributed by atoms with Crippen molar-refractivity contribution in [3.05, 3.63) is 35.4 Å². The maximum Gasteiger partial charge on any atom is 0.318 e. The highest BCUT2D eigenvalue weighted by molar-refractivity contribution is 5.76. The number of aryl methyl sites for hydroxylation is 1. The molecular weight excluding hydrogens is 268 g/mol. The van der Waals surface area contributed by atoms with Crippen LogP contribution in [0.2, 0.25) is 0 Å². The lowest BCUT2D eigenvalue weighted by atomic mass is 10.1. The van der Waals surface area contributed by atoms with Crippen molar-refractivity contribution in [2.24, 2.45) is 0 Å². The van der Waals surface area contributed by atoms with Gasteiger partial charge in [-0.25, -0.2) is 4.79 Å². The van der Waals surface area contributed by atoms with E-state index in [0.717, 1.165) is 5.56 Å². The largest absolute Gasteiger partial charge is 0.481 e. The summed E-state index contributed by atoms with van der Waals surface area (Å²) in [5.74, 6) is -0.903. The maximum atomic E-state index is 12.3. The van der Waals surface area contributed by atoms with Gasteiger partial charge < -0.3 is 15.3 Å². The molecular formula is C16H24N2O3. The van der Waals surface area contributed by atoms with E-state index in [4.69, 9.17) is 5.11 Å². The number of carboxylic acids is 1. The Morgan fingerprint density at radius 3 is 2.24 bits per heavy atom. The normalized spacial score (nSPS) is 12.0. The monoisotopic (exact) mass is 292 g/mol. The van der Waals surface area contributed by atoms with E-state index in [0.29, 0.717) is 0 Å². The van der Waals surface area contributed by atoms with Crippen molar-refractivity contribution < 1.29 is 14.7 Å². The molecule has 0 spiro atoms. The standard InChI is InChI=1S/C16H24N2O3/c1-11(2)18(10-9-15(19)20)16(21)17-13(4)14-7-5-12(3)6-8-14/h5-8,11,13H,9-10H2,1-4H3,(H,17,21)(H,19,20). The Morgan fingerprint density at radius 2 is 1.76 bits per heavy atom. The van der Waals surface area contributed by atoms with Gasteiger partial charge >= 0.3 is 12.0 Å². The lowest BCUT2D eigenvalue weighted by molar-refractivity contribution is -0.137. The van der Waals surface area contributed by atoms with Crippen LogP contribution < -0.4 is 5.32 Å². The smallest absolute Gasteiger partial charge is 0.318 e. The van der Waals surface area contributed by atoms with E-state index >= 15 is 0 Å². The second kappa shape index (κ2) is 7.67. The number of hydrogen-bond acceptors (Lipinski definition) is 2. The molecule has 0 bridgehead atoms. The molecule has 0 aliphatic rings. The molecule has 116 valence electrons. The zero-order valence-electron chi connectivity index (χ0n) is 13.1. The van der Waals surface area contributed by atoms with Crippen LogP contribution in [0.25, 0.3) is 0 Å². The van der Waals surface area contributed by atoms with Crippen LogP contribution in [-0.2, 0) is 4.79 Å². The van der Waals surface area contributed by atoms with Crippen LogP contribution in [0, 0.1) is 6.92 Å². The van der Waals surface area contributed by atoms with Gasteiger partial charge in [0.25, 0.3) is 0 Å². The molecule has 1 atom stereocenters. The number of aliphatic carboxylic acids is 1. The molecule has 1 aromatic carbocycles. The number of urea groups is 1. The minimum absolute atomic E-state index is 0.0467. The molecule has 0 heterocycles. The Hall–Kier alpha value is -2.04. The SMILES string of the molecule is Cc1ccc(C(C)NC(=O)N(CCC(=O)O)C(C)C)cc1. The van der Waals surface area contributed by atoms with Gasteiger partial charge in [0.1, 0.15) is 0 Å². The highest BCUT2D eigenvalue weighted by Gasteiger charge is 2.19. The van der Waals surface area contributed by atoms with Crippen LogP contribution in [0.3, 0.4) is 0 Å². The van der Waals surface area contributed by atoms with Crippen LogP contribution in [0.4, 0.5) is 4.79 Å². The van der Waals surface area contributed by atoms with E-state index in [1.54, 1.807) is 4.90 Å². The van der Waals surface area contributed by atoms with Gasteiger partial charge in [0.15, 0.2) is 0 Å². The predicted molar refractivity (Wildman–Crippen MR) is 82.2 cm³/mol. The fourth-order valence-electron chi connectivity index (χ4n) is 2.02. The van der Waals surface area contributed by atoms with E-state index in [-0.39, 0.29) is 31.1 Å². The van der Waals surface area contributed by atoms with Gasteiger partial charge in [0.2, 0.25) is 0 Å². The highest BCUT2D eigenvalue weighted by atomic mass is 16.4. The number of carbonyl (C=O) groups is 2. The van der Waals surface area contributed by atoms with Gasteiger partial charge in [-0.2, -0.15) is 0 Å². The average molecular weight is 292 g/mol. The topological polar surface area (TPSA) is 69.6 Å². The Kier molecular flexibility index (Phi) is 6.21. The Morgan fingerprint density at radius 1 is 1.19 bits per heavy atom. The van der Waals surface area contributed by atoms with E-state index in [9.17, 15) is 9.59 Å². The van der Waals surface area contributed by atoms with Crippen molar-refractivity contribution in [2.45, 2.75) is 46.2 Å². The minimum Gasteiger partial charge on any atom is -0.481 e. The molecule has 5 nitrogen and oxygen atoms in total. The first-order valence-electron chi connectivity index (χ1n) is 7.16. The molecule has 2 amide bonds. The summed E-state index contributed by atoms with van der Waals surface area (Å²) in [6, 6.07) is 7.57. The van der Waals surface area contributed by atoms with Crippen LogP contribution in [0.1, 0.15) is 44.4 Å². The molecule has 0 aliphatic heterocycles. The summed E-state index contributed by atoms with van der Waals surface area (Å²) in [6.07, 6.45) is -0.0511. The van der Waals surface area contributed by atoms with E-state index in [1.807, 2.05) is 52.0 Å². The molecule has 0 saturated heterocycles. The quantitative estimate of drug-likeness (QED) is 0.847. The minimum atomic E-state index is -0.903. The first kappa shape index (κ1) is 17.0. The molecule has 2 N–H and O–H groups in total. The van der Waals surface area contributed by atoms with Gasteiger partial charge in [-0.05, 0) is 33.3 Å². The maximum absolute atomic E-state index is 12.3. The Labute approximate surface area is 126 Å².